The van der Waals surface area contributed by atoms with E-state index in [1.807, 2.05) is 0 Å². The molecule has 0 aliphatic heterocycles. The fraction of sp³-hybridized carbons (Fsp3) is 0.953. The Morgan fingerprint density at radius 1 is 0.271 bits per heavy atom. The Kier molecular flexibility index (Phi) is 57.0. The maximum absolute atomic E-state index is 12.9. The molecule has 1 atom stereocenters. The first-order valence-corrected chi connectivity index (χ1v) is 31.9. The van der Waals surface area contributed by atoms with Gasteiger partial charge in [-0.1, -0.05) is 329 Å². The molecule has 0 bridgehead atoms. The molecule has 0 heterocycles. The van der Waals surface area contributed by atoms with Crippen molar-refractivity contribution in [2.24, 2.45) is 5.92 Å². The number of unbranched alkanes of at least 4 members (excludes halogenated alkanes) is 46. The van der Waals surface area contributed by atoms with E-state index in [2.05, 4.69) is 27.7 Å². The van der Waals surface area contributed by atoms with Gasteiger partial charge in [0.05, 0.1) is 0 Å². The van der Waals surface area contributed by atoms with E-state index < -0.39 is 6.10 Å². The highest BCUT2D eigenvalue weighted by Crippen LogP contribution is 2.19. The smallest absolute Gasteiger partial charge is 0.306 e. The Labute approximate surface area is 438 Å². The van der Waals surface area contributed by atoms with Crippen molar-refractivity contribution in [1.29, 1.82) is 0 Å². The standard InChI is InChI=1S/C64H124O6/c1-5-7-9-11-13-15-17-19-21-22-23-28-32-36-40-44-48-52-56-63(66)69-59-61(58-68-62(65)55-51-47-43-39-35-31-26-20-18-16-14-12-10-8-6-2)70-64(67)57-53-49-45-41-37-33-29-25-24-27-30-34-38-42-46-50-54-60(3)4/h60-61H,5-59H2,1-4H3/t61-/m1/s1. The molecule has 0 saturated heterocycles. The zero-order valence-electron chi connectivity index (χ0n) is 48.0. The summed E-state index contributed by atoms with van der Waals surface area (Å²) in [5, 5.41) is 0. The molecule has 0 unspecified atom stereocenters. The van der Waals surface area contributed by atoms with Gasteiger partial charge >= 0.3 is 17.9 Å². The molecule has 6 heteroatoms. The fourth-order valence-corrected chi connectivity index (χ4v) is 9.99. The lowest BCUT2D eigenvalue weighted by Gasteiger charge is -2.18. The quantitative estimate of drug-likeness (QED) is 0.0343. The monoisotopic (exact) mass is 989 g/mol. The third kappa shape index (κ3) is 57.3. The molecule has 0 radical (unpaired) electrons. The molecule has 0 aliphatic carbocycles. The summed E-state index contributed by atoms with van der Waals surface area (Å²) in [4.78, 5) is 38.3. The molecule has 0 aromatic carbocycles. The molecule has 0 fully saturated rings. The zero-order valence-corrected chi connectivity index (χ0v) is 48.0. The lowest BCUT2D eigenvalue weighted by Crippen LogP contribution is -2.30. The summed E-state index contributed by atoms with van der Waals surface area (Å²) < 4.78 is 17.0. The number of carbonyl (C=O) groups excluding carboxylic acids is 3. The van der Waals surface area contributed by atoms with E-state index in [1.165, 1.54) is 263 Å². The summed E-state index contributed by atoms with van der Waals surface area (Å²) >= 11 is 0. The van der Waals surface area contributed by atoms with E-state index in [0.29, 0.717) is 19.3 Å². The van der Waals surface area contributed by atoms with Crippen molar-refractivity contribution in [3.05, 3.63) is 0 Å². The minimum absolute atomic E-state index is 0.0611. The van der Waals surface area contributed by atoms with E-state index in [4.69, 9.17) is 14.2 Å². The topological polar surface area (TPSA) is 78.9 Å². The van der Waals surface area contributed by atoms with E-state index in [0.717, 1.165) is 63.7 Å². The predicted octanol–water partition coefficient (Wildman–Crippen LogP) is 21.4. The van der Waals surface area contributed by atoms with Crippen molar-refractivity contribution in [1.82, 2.24) is 0 Å². The minimum atomic E-state index is -0.763. The van der Waals surface area contributed by atoms with Crippen LogP contribution in [-0.2, 0) is 28.6 Å². The first-order chi connectivity index (χ1) is 34.4. The molecule has 0 saturated carbocycles. The molecular formula is C64H124O6. The van der Waals surface area contributed by atoms with Gasteiger partial charge in [-0.25, -0.2) is 0 Å². The fourth-order valence-electron chi connectivity index (χ4n) is 9.99. The molecule has 0 rings (SSSR count). The van der Waals surface area contributed by atoms with Crippen molar-refractivity contribution in [3.63, 3.8) is 0 Å². The summed E-state index contributed by atoms with van der Waals surface area (Å²) in [7, 11) is 0. The molecule has 0 aliphatic rings. The average Bonchev–Trinajstić information content (AvgIpc) is 3.35. The van der Waals surface area contributed by atoms with Crippen molar-refractivity contribution in [3.8, 4) is 0 Å². The van der Waals surface area contributed by atoms with Gasteiger partial charge in [0, 0.05) is 19.3 Å². The largest absolute Gasteiger partial charge is 0.462 e. The molecule has 70 heavy (non-hydrogen) atoms. The summed E-state index contributed by atoms with van der Waals surface area (Å²) in [6.07, 6.45) is 65.3. The van der Waals surface area contributed by atoms with Crippen LogP contribution < -0.4 is 0 Å². The van der Waals surface area contributed by atoms with Crippen molar-refractivity contribution < 1.29 is 28.6 Å². The van der Waals surface area contributed by atoms with Crippen molar-refractivity contribution in [2.45, 2.75) is 374 Å². The Morgan fingerprint density at radius 3 is 0.700 bits per heavy atom. The van der Waals surface area contributed by atoms with Crippen LogP contribution in [0.4, 0.5) is 0 Å². The van der Waals surface area contributed by atoms with Gasteiger partial charge in [-0.15, -0.1) is 0 Å². The van der Waals surface area contributed by atoms with E-state index in [9.17, 15) is 14.4 Å². The number of hydrogen-bond acceptors (Lipinski definition) is 6. The van der Waals surface area contributed by atoms with Crippen LogP contribution in [0.1, 0.15) is 368 Å². The maximum Gasteiger partial charge on any atom is 0.306 e. The Morgan fingerprint density at radius 2 is 0.471 bits per heavy atom. The first-order valence-electron chi connectivity index (χ1n) is 31.9. The summed E-state index contributed by atoms with van der Waals surface area (Å²) in [5.74, 6) is 0.0247. The van der Waals surface area contributed by atoms with Crippen molar-refractivity contribution >= 4 is 17.9 Å². The number of esters is 3. The van der Waals surface area contributed by atoms with Gasteiger partial charge < -0.3 is 14.2 Å². The van der Waals surface area contributed by atoms with E-state index >= 15 is 0 Å². The van der Waals surface area contributed by atoms with E-state index in [1.54, 1.807) is 0 Å². The normalized spacial score (nSPS) is 12.0. The highest BCUT2D eigenvalue weighted by molar-refractivity contribution is 5.71. The molecule has 416 valence electrons. The van der Waals surface area contributed by atoms with Gasteiger partial charge in [0.2, 0.25) is 0 Å². The molecule has 0 aromatic rings. The van der Waals surface area contributed by atoms with Gasteiger partial charge in [0.15, 0.2) is 6.10 Å². The van der Waals surface area contributed by atoms with Gasteiger partial charge in [0.25, 0.3) is 0 Å². The van der Waals surface area contributed by atoms with Crippen LogP contribution in [0, 0.1) is 5.92 Å². The van der Waals surface area contributed by atoms with Crippen LogP contribution in [-0.4, -0.2) is 37.2 Å². The van der Waals surface area contributed by atoms with Gasteiger partial charge in [-0.05, 0) is 25.2 Å². The second-order valence-electron chi connectivity index (χ2n) is 22.5. The number of ether oxygens (including phenoxy) is 3. The van der Waals surface area contributed by atoms with Crippen LogP contribution in [0.5, 0.6) is 0 Å². The SMILES string of the molecule is CCCCCCCCCCCCCCCCCCCCC(=O)OC[C@@H](COC(=O)CCCCCCCCCCCCCCCCC)OC(=O)CCCCCCCCCCCCCCCCCCC(C)C. The molecule has 6 nitrogen and oxygen atoms in total. The Bertz CT molecular complexity index is 1060. The average molecular weight is 990 g/mol. The molecule has 0 amide bonds. The predicted molar refractivity (Wildman–Crippen MR) is 303 cm³/mol. The van der Waals surface area contributed by atoms with Gasteiger partial charge in [-0.2, -0.15) is 0 Å². The maximum atomic E-state index is 12.9. The molecule has 0 aromatic heterocycles. The number of rotatable bonds is 59. The van der Waals surface area contributed by atoms with Crippen LogP contribution in [0.15, 0.2) is 0 Å². The number of carbonyl (C=O) groups is 3. The molecular weight excluding hydrogens is 865 g/mol. The highest BCUT2D eigenvalue weighted by atomic mass is 16.6. The second-order valence-corrected chi connectivity index (χ2v) is 22.5. The lowest BCUT2D eigenvalue weighted by atomic mass is 10.0. The van der Waals surface area contributed by atoms with Crippen molar-refractivity contribution in [2.75, 3.05) is 13.2 Å². The third-order valence-corrected chi connectivity index (χ3v) is 14.8. The summed E-state index contributed by atoms with van der Waals surface area (Å²) in [5.41, 5.74) is 0. The third-order valence-electron chi connectivity index (χ3n) is 14.8. The second kappa shape index (κ2) is 58.3. The first kappa shape index (κ1) is 68.4. The van der Waals surface area contributed by atoms with Crippen LogP contribution in [0.25, 0.3) is 0 Å². The summed E-state index contributed by atoms with van der Waals surface area (Å²) in [6, 6.07) is 0. The highest BCUT2D eigenvalue weighted by Gasteiger charge is 2.19. The Balaban J connectivity index is 4.28. The van der Waals surface area contributed by atoms with Crippen LogP contribution in [0.2, 0.25) is 0 Å². The number of hydrogen-bond donors (Lipinski definition) is 0. The Hall–Kier alpha value is -1.59. The zero-order chi connectivity index (χ0) is 50.9. The molecule has 0 spiro atoms. The van der Waals surface area contributed by atoms with Crippen LogP contribution in [0.3, 0.4) is 0 Å². The lowest BCUT2D eigenvalue weighted by molar-refractivity contribution is -0.167. The van der Waals surface area contributed by atoms with Gasteiger partial charge in [0.1, 0.15) is 13.2 Å². The van der Waals surface area contributed by atoms with Crippen LogP contribution >= 0.6 is 0 Å². The molecule has 0 N–H and O–H groups in total. The summed E-state index contributed by atoms with van der Waals surface area (Å²) in [6.45, 7) is 9.10. The van der Waals surface area contributed by atoms with E-state index in [-0.39, 0.29) is 31.1 Å². The van der Waals surface area contributed by atoms with Gasteiger partial charge in [-0.3, -0.25) is 14.4 Å². The minimum Gasteiger partial charge on any atom is -0.462 e.